The van der Waals surface area contributed by atoms with Crippen LogP contribution >= 0.6 is 15.9 Å². The molecule has 0 aliphatic carbocycles. The molecule has 5 heteroatoms. The Hall–Kier alpha value is -1.23. The van der Waals surface area contributed by atoms with Gasteiger partial charge in [-0.15, -0.1) is 0 Å². The number of benzene rings is 1. The van der Waals surface area contributed by atoms with Crippen LogP contribution in [0.3, 0.4) is 0 Å². The number of hydrogen-bond acceptors (Lipinski definition) is 3. The summed E-state index contributed by atoms with van der Waals surface area (Å²) >= 11 is 3.29. The highest BCUT2D eigenvalue weighted by molar-refractivity contribution is 9.10. The first-order valence-electron chi connectivity index (χ1n) is 4.50. The Balaban J connectivity index is 2.62. The highest BCUT2D eigenvalue weighted by atomic mass is 79.9. The van der Waals surface area contributed by atoms with E-state index in [2.05, 4.69) is 15.9 Å². The largest absolute Gasteiger partial charge is 0.489 e. The Morgan fingerprint density at radius 3 is 3.00 bits per heavy atom. The molecule has 0 saturated heterocycles. The number of hydrogen-bond donors (Lipinski definition) is 1. The third kappa shape index (κ3) is 1.79. The van der Waals surface area contributed by atoms with Crippen LogP contribution in [0.25, 0.3) is 0 Å². The van der Waals surface area contributed by atoms with E-state index in [1.807, 2.05) is 18.0 Å². The number of halogens is 1. The monoisotopic (exact) mass is 271 g/mol. The van der Waals surface area contributed by atoms with E-state index < -0.39 is 5.97 Å². The number of likely N-dealkylation sites (N-methyl/N-ethyl adjacent to an activating group) is 1. The van der Waals surface area contributed by atoms with Crippen LogP contribution in [0.2, 0.25) is 0 Å². The highest BCUT2D eigenvalue weighted by Gasteiger charge is 2.22. The molecule has 1 aliphatic heterocycles. The number of carboxylic acid groups (broad SMARTS) is 1. The van der Waals surface area contributed by atoms with Crippen molar-refractivity contribution in [2.75, 3.05) is 25.1 Å². The average Bonchev–Trinajstić information content (AvgIpc) is 2.18. The second-order valence-corrected chi connectivity index (χ2v) is 4.29. The van der Waals surface area contributed by atoms with Crippen LogP contribution in [-0.2, 0) is 0 Å². The number of rotatable bonds is 1. The second-order valence-electron chi connectivity index (χ2n) is 3.38. The minimum atomic E-state index is -0.970. The molecule has 1 aromatic carbocycles. The van der Waals surface area contributed by atoms with Gasteiger partial charge in [0.15, 0.2) is 5.75 Å². The molecule has 0 spiro atoms. The van der Waals surface area contributed by atoms with Gasteiger partial charge in [0.2, 0.25) is 0 Å². The van der Waals surface area contributed by atoms with Crippen LogP contribution in [0.15, 0.2) is 16.6 Å². The van der Waals surface area contributed by atoms with Crippen molar-refractivity contribution >= 4 is 27.6 Å². The Labute approximate surface area is 95.6 Å². The molecule has 0 bridgehead atoms. The van der Waals surface area contributed by atoms with Crippen molar-refractivity contribution in [2.45, 2.75) is 0 Å². The van der Waals surface area contributed by atoms with Crippen LogP contribution in [0.4, 0.5) is 5.69 Å². The molecule has 4 nitrogen and oxygen atoms in total. The molecular weight excluding hydrogens is 262 g/mol. The molecule has 0 fully saturated rings. The predicted molar refractivity (Wildman–Crippen MR) is 59.9 cm³/mol. The van der Waals surface area contributed by atoms with E-state index in [0.29, 0.717) is 12.4 Å². The van der Waals surface area contributed by atoms with Gasteiger partial charge in [0, 0.05) is 11.5 Å². The van der Waals surface area contributed by atoms with Crippen LogP contribution in [0.5, 0.6) is 5.75 Å². The van der Waals surface area contributed by atoms with E-state index in [9.17, 15) is 4.79 Å². The fourth-order valence-electron chi connectivity index (χ4n) is 1.58. The SMILES string of the molecule is CN1CCOc2c(C(=O)O)cc(Br)cc21. The molecule has 2 rings (SSSR count). The fraction of sp³-hybridized carbons (Fsp3) is 0.300. The van der Waals surface area contributed by atoms with E-state index in [1.165, 1.54) is 0 Å². The summed E-state index contributed by atoms with van der Waals surface area (Å²) in [5.41, 5.74) is 1.01. The van der Waals surface area contributed by atoms with E-state index >= 15 is 0 Å². The van der Waals surface area contributed by atoms with Crippen LogP contribution in [-0.4, -0.2) is 31.3 Å². The molecule has 1 heterocycles. The predicted octanol–water partition coefficient (Wildman–Crippen LogP) is 1.98. The van der Waals surface area contributed by atoms with Crippen LogP contribution < -0.4 is 9.64 Å². The lowest BCUT2D eigenvalue weighted by molar-refractivity contribution is 0.0692. The van der Waals surface area contributed by atoms with Gasteiger partial charge in [-0.1, -0.05) is 15.9 Å². The highest BCUT2D eigenvalue weighted by Crippen LogP contribution is 2.37. The molecule has 0 amide bonds. The van der Waals surface area contributed by atoms with Crippen LogP contribution in [0.1, 0.15) is 10.4 Å². The Morgan fingerprint density at radius 1 is 1.60 bits per heavy atom. The third-order valence-corrected chi connectivity index (χ3v) is 2.81. The number of anilines is 1. The summed E-state index contributed by atoms with van der Waals surface area (Å²) in [5, 5.41) is 9.03. The first kappa shape index (κ1) is 10.3. The standard InChI is InChI=1S/C10H10BrNO3/c1-12-2-3-15-9-7(10(13)14)4-6(11)5-8(9)12/h4-5H,2-3H2,1H3,(H,13,14). The lowest BCUT2D eigenvalue weighted by Crippen LogP contribution is -2.29. The maximum atomic E-state index is 11.0. The Bertz CT molecular complexity index is 419. The number of carboxylic acids is 1. The zero-order valence-corrected chi connectivity index (χ0v) is 9.74. The van der Waals surface area contributed by atoms with Crippen molar-refractivity contribution in [2.24, 2.45) is 0 Å². The first-order valence-corrected chi connectivity index (χ1v) is 5.29. The van der Waals surface area contributed by atoms with E-state index in [4.69, 9.17) is 9.84 Å². The fourth-order valence-corrected chi connectivity index (χ4v) is 2.02. The minimum absolute atomic E-state index is 0.200. The number of carbonyl (C=O) groups is 1. The van der Waals surface area contributed by atoms with Gasteiger partial charge in [-0.05, 0) is 12.1 Å². The Morgan fingerprint density at radius 2 is 2.33 bits per heavy atom. The lowest BCUT2D eigenvalue weighted by Gasteiger charge is -2.28. The maximum absolute atomic E-state index is 11.0. The molecule has 0 saturated carbocycles. The van der Waals surface area contributed by atoms with E-state index in [1.54, 1.807) is 6.07 Å². The van der Waals surface area contributed by atoms with Crippen molar-refractivity contribution in [3.63, 3.8) is 0 Å². The average molecular weight is 272 g/mol. The smallest absolute Gasteiger partial charge is 0.339 e. The molecule has 0 unspecified atom stereocenters. The maximum Gasteiger partial charge on any atom is 0.339 e. The summed E-state index contributed by atoms with van der Waals surface area (Å²) in [7, 11) is 1.92. The van der Waals surface area contributed by atoms with Gasteiger partial charge in [0.25, 0.3) is 0 Å². The van der Waals surface area contributed by atoms with Gasteiger partial charge < -0.3 is 14.7 Å². The van der Waals surface area contributed by atoms with Crippen molar-refractivity contribution in [1.82, 2.24) is 0 Å². The summed E-state index contributed by atoms with van der Waals surface area (Å²) in [5.74, 6) is -0.512. The summed E-state index contributed by atoms with van der Waals surface area (Å²) < 4.78 is 6.14. The molecular formula is C10H10BrNO3. The number of fused-ring (bicyclic) bond motifs is 1. The molecule has 80 valence electrons. The molecule has 1 N–H and O–H groups in total. The topological polar surface area (TPSA) is 49.8 Å². The number of aromatic carboxylic acids is 1. The molecule has 0 aromatic heterocycles. The van der Waals surface area contributed by atoms with Crippen LogP contribution in [0, 0.1) is 0 Å². The van der Waals surface area contributed by atoms with E-state index in [0.717, 1.165) is 16.7 Å². The molecule has 0 radical (unpaired) electrons. The zero-order chi connectivity index (χ0) is 11.0. The molecule has 0 atom stereocenters. The summed E-state index contributed by atoms with van der Waals surface area (Å²) in [6, 6.07) is 3.42. The molecule has 1 aromatic rings. The number of ether oxygens (including phenoxy) is 1. The zero-order valence-electron chi connectivity index (χ0n) is 8.16. The minimum Gasteiger partial charge on any atom is -0.489 e. The number of nitrogens with zero attached hydrogens (tertiary/aromatic N) is 1. The van der Waals surface area contributed by atoms with Gasteiger partial charge in [0.05, 0.1) is 12.2 Å². The second kappa shape index (κ2) is 3.73. The molecule has 15 heavy (non-hydrogen) atoms. The molecule has 1 aliphatic rings. The van der Waals surface area contributed by atoms with Crippen molar-refractivity contribution in [3.05, 3.63) is 22.2 Å². The lowest BCUT2D eigenvalue weighted by atomic mass is 10.1. The van der Waals surface area contributed by atoms with Gasteiger partial charge in [-0.25, -0.2) is 4.79 Å². The van der Waals surface area contributed by atoms with Crippen molar-refractivity contribution in [3.8, 4) is 5.75 Å². The Kier molecular flexibility index (Phi) is 2.56. The summed E-state index contributed by atoms with van der Waals surface area (Å²) in [6.45, 7) is 1.29. The first-order chi connectivity index (χ1) is 7.09. The van der Waals surface area contributed by atoms with Crippen molar-refractivity contribution < 1.29 is 14.6 Å². The van der Waals surface area contributed by atoms with Gasteiger partial charge in [0.1, 0.15) is 12.2 Å². The summed E-state index contributed by atoms with van der Waals surface area (Å²) in [4.78, 5) is 13.0. The van der Waals surface area contributed by atoms with E-state index in [-0.39, 0.29) is 5.56 Å². The van der Waals surface area contributed by atoms with Gasteiger partial charge in [-0.3, -0.25) is 0 Å². The summed E-state index contributed by atoms with van der Waals surface area (Å²) in [6.07, 6.45) is 0. The quantitative estimate of drug-likeness (QED) is 0.849. The third-order valence-electron chi connectivity index (χ3n) is 2.35. The normalized spacial score (nSPS) is 14.4. The van der Waals surface area contributed by atoms with Gasteiger partial charge >= 0.3 is 5.97 Å². The van der Waals surface area contributed by atoms with Crippen molar-refractivity contribution in [1.29, 1.82) is 0 Å². The van der Waals surface area contributed by atoms with Gasteiger partial charge in [-0.2, -0.15) is 0 Å².